The van der Waals surface area contributed by atoms with Gasteiger partial charge < -0.3 is 5.32 Å². The molecule has 0 aliphatic heterocycles. The van der Waals surface area contributed by atoms with Crippen LogP contribution in [0.2, 0.25) is 0 Å². The fraction of sp³-hybridized carbons (Fsp3) is 0.333. The van der Waals surface area contributed by atoms with Gasteiger partial charge in [-0.05, 0) is 29.5 Å². The molecule has 0 fully saturated rings. The van der Waals surface area contributed by atoms with Crippen molar-refractivity contribution in [2.24, 2.45) is 5.92 Å². The molecule has 0 saturated carbocycles. The van der Waals surface area contributed by atoms with E-state index in [1.54, 1.807) is 6.07 Å². The molecule has 0 radical (unpaired) electrons. The smallest absolute Gasteiger partial charge is 0.127 e. The van der Waals surface area contributed by atoms with Crippen molar-refractivity contribution in [1.29, 1.82) is 0 Å². The molecule has 106 valence electrons. The van der Waals surface area contributed by atoms with E-state index >= 15 is 0 Å². The summed E-state index contributed by atoms with van der Waals surface area (Å²) < 4.78 is 13.4. The van der Waals surface area contributed by atoms with Crippen LogP contribution in [0.5, 0.6) is 0 Å². The lowest BCUT2D eigenvalue weighted by Crippen LogP contribution is -2.13. The highest BCUT2D eigenvalue weighted by atomic mass is 19.1. The van der Waals surface area contributed by atoms with Gasteiger partial charge in [0.05, 0.1) is 0 Å². The predicted molar refractivity (Wildman–Crippen MR) is 81.9 cm³/mol. The monoisotopic (exact) mass is 271 g/mol. The molecule has 1 nitrogen and oxygen atoms in total. The van der Waals surface area contributed by atoms with Crippen LogP contribution in [0.3, 0.4) is 0 Å². The summed E-state index contributed by atoms with van der Waals surface area (Å²) in [4.78, 5) is 0. The molecule has 0 unspecified atom stereocenters. The fourth-order valence-electron chi connectivity index (χ4n) is 2.25. The maximum Gasteiger partial charge on any atom is 0.127 e. The molecular weight excluding hydrogens is 249 g/mol. The molecule has 0 aliphatic rings. The van der Waals surface area contributed by atoms with E-state index in [9.17, 15) is 4.39 Å². The van der Waals surface area contributed by atoms with Crippen molar-refractivity contribution < 1.29 is 4.39 Å². The van der Waals surface area contributed by atoms with Crippen molar-refractivity contribution in [3.05, 3.63) is 71.0 Å². The third-order valence-electron chi connectivity index (χ3n) is 3.27. The summed E-state index contributed by atoms with van der Waals surface area (Å²) in [7, 11) is 0. The molecule has 0 heterocycles. The van der Waals surface area contributed by atoms with Crippen LogP contribution in [0, 0.1) is 11.7 Å². The van der Waals surface area contributed by atoms with Crippen molar-refractivity contribution in [1.82, 2.24) is 5.32 Å². The summed E-state index contributed by atoms with van der Waals surface area (Å²) in [6.07, 6.45) is 1.11. The maximum absolute atomic E-state index is 13.4. The van der Waals surface area contributed by atoms with E-state index in [2.05, 4.69) is 43.4 Å². The molecular formula is C18H22FN. The first-order valence-corrected chi connectivity index (χ1v) is 7.17. The number of rotatable bonds is 6. The number of halogens is 1. The van der Waals surface area contributed by atoms with Gasteiger partial charge in [0.15, 0.2) is 0 Å². The Morgan fingerprint density at radius 1 is 0.900 bits per heavy atom. The van der Waals surface area contributed by atoms with Crippen LogP contribution >= 0.6 is 0 Å². The van der Waals surface area contributed by atoms with E-state index < -0.39 is 0 Å². The van der Waals surface area contributed by atoms with E-state index in [-0.39, 0.29) is 5.82 Å². The Morgan fingerprint density at radius 3 is 2.20 bits per heavy atom. The average Bonchev–Trinajstić information content (AvgIpc) is 2.42. The summed E-state index contributed by atoms with van der Waals surface area (Å²) in [5.41, 5.74) is 3.32. The largest absolute Gasteiger partial charge is 0.309 e. The van der Waals surface area contributed by atoms with E-state index in [4.69, 9.17) is 0 Å². The van der Waals surface area contributed by atoms with Gasteiger partial charge in [-0.2, -0.15) is 0 Å². The van der Waals surface area contributed by atoms with Crippen molar-refractivity contribution in [3.8, 4) is 0 Å². The van der Waals surface area contributed by atoms with Gasteiger partial charge in [-0.15, -0.1) is 0 Å². The molecule has 20 heavy (non-hydrogen) atoms. The first-order chi connectivity index (χ1) is 9.65. The Bertz CT molecular complexity index is 531. The minimum atomic E-state index is -0.146. The lowest BCUT2D eigenvalue weighted by atomic mass is 10.0. The zero-order chi connectivity index (χ0) is 14.4. The topological polar surface area (TPSA) is 12.0 Å². The molecule has 2 aromatic carbocycles. The fourth-order valence-corrected chi connectivity index (χ4v) is 2.25. The second-order valence-corrected chi connectivity index (χ2v) is 5.61. The van der Waals surface area contributed by atoms with Gasteiger partial charge >= 0.3 is 0 Å². The number of hydrogen-bond donors (Lipinski definition) is 1. The first kappa shape index (κ1) is 14.7. The summed E-state index contributed by atoms with van der Waals surface area (Å²) >= 11 is 0. The molecule has 0 spiro atoms. The van der Waals surface area contributed by atoms with Crippen LogP contribution in [-0.4, -0.2) is 0 Å². The van der Waals surface area contributed by atoms with Gasteiger partial charge in [0.2, 0.25) is 0 Å². The SMILES string of the molecule is CC(C)Cc1ccc(CNCc2ccccc2F)cc1. The Hall–Kier alpha value is -1.67. The summed E-state index contributed by atoms with van der Waals surface area (Å²) in [6.45, 7) is 5.77. The van der Waals surface area contributed by atoms with E-state index in [0.717, 1.165) is 13.0 Å². The van der Waals surface area contributed by atoms with Crippen molar-refractivity contribution in [2.75, 3.05) is 0 Å². The van der Waals surface area contributed by atoms with Gasteiger partial charge in [-0.1, -0.05) is 56.3 Å². The first-order valence-electron chi connectivity index (χ1n) is 7.17. The van der Waals surface area contributed by atoms with Gasteiger partial charge in [-0.25, -0.2) is 4.39 Å². The molecule has 0 bridgehead atoms. The Balaban J connectivity index is 1.84. The van der Waals surface area contributed by atoms with Gasteiger partial charge in [0, 0.05) is 18.7 Å². The minimum absolute atomic E-state index is 0.146. The molecule has 0 amide bonds. The zero-order valence-electron chi connectivity index (χ0n) is 12.2. The van der Waals surface area contributed by atoms with E-state index in [1.807, 2.05) is 12.1 Å². The van der Waals surface area contributed by atoms with Crippen molar-refractivity contribution in [2.45, 2.75) is 33.4 Å². The van der Waals surface area contributed by atoms with Crippen LogP contribution < -0.4 is 5.32 Å². The van der Waals surface area contributed by atoms with Crippen LogP contribution in [0.25, 0.3) is 0 Å². The molecule has 2 heteroatoms. The molecule has 0 saturated heterocycles. The van der Waals surface area contributed by atoms with Crippen LogP contribution in [-0.2, 0) is 19.5 Å². The second-order valence-electron chi connectivity index (χ2n) is 5.61. The number of benzene rings is 2. The molecule has 0 atom stereocenters. The molecule has 0 aromatic heterocycles. The third kappa shape index (κ3) is 4.46. The minimum Gasteiger partial charge on any atom is -0.309 e. The van der Waals surface area contributed by atoms with Crippen LogP contribution in [0.4, 0.5) is 4.39 Å². The Kier molecular flexibility index (Phi) is 5.31. The zero-order valence-corrected chi connectivity index (χ0v) is 12.2. The normalized spacial score (nSPS) is 11.0. The van der Waals surface area contributed by atoms with E-state index in [1.165, 1.54) is 17.2 Å². The Morgan fingerprint density at radius 2 is 1.55 bits per heavy atom. The quantitative estimate of drug-likeness (QED) is 0.825. The number of nitrogens with one attached hydrogen (secondary N) is 1. The highest BCUT2D eigenvalue weighted by Gasteiger charge is 2.01. The Labute approximate surface area is 120 Å². The highest BCUT2D eigenvalue weighted by Crippen LogP contribution is 2.10. The summed E-state index contributed by atoms with van der Waals surface area (Å²) in [6, 6.07) is 15.5. The lowest BCUT2D eigenvalue weighted by Gasteiger charge is -2.08. The van der Waals surface area contributed by atoms with Crippen molar-refractivity contribution in [3.63, 3.8) is 0 Å². The van der Waals surface area contributed by atoms with Crippen LogP contribution in [0.15, 0.2) is 48.5 Å². The maximum atomic E-state index is 13.4. The molecule has 2 aromatic rings. The van der Waals surface area contributed by atoms with Gasteiger partial charge in [-0.3, -0.25) is 0 Å². The third-order valence-corrected chi connectivity index (χ3v) is 3.27. The molecule has 2 rings (SSSR count). The molecule has 0 aliphatic carbocycles. The molecule has 1 N–H and O–H groups in total. The van der Waals surface area contributed by atoms with Gasteiger partial charge in [0.1, 0.15) is 5.82 Å². The number of hydrogen-bond acceptors (Lipinski definition) is 1. The predicted octanol–water partition coefficient (Wildman–Crippen LogP) is 4.31. The summed E-state index contributed by atoms with van der Waals surface area (Å²) in [5, 5.41) is 3.28. The standard InChI is InChI=1S/C18H22FN/c1-14(2)11-15-7-9-16(10-8-15)12-20-13-17-5-3-4-6-18(17)19/h3-10,14,20H,11-13H2,1-2H3. The average molecular weight is 271 g/mol. The van der Waals surface area contributed by atoms with Crippen LogP contribution in [0.1, 0.15) is 30.5 Å². The highest BCUT2D eigenvalue weighted by molar-refractivity contribution is 5.23. The van der Waals surface area contributed by atoms with Crippen molar-refractivity contribution >= 4 is 0 Å². The van der Waals surface area contributed by atoms with E-state index in [0.29, 0.717) is 18.0 Å². The lowest BCUT2D eigenvalue weighted by molar-refractivity contribution is 0.588. The van der Waals surface area contributed by atoms with Gasteiger partial charge in [0.25, 0.3) is 0 Å². The second kappa shape index (κ2) is 7.20. The summed E-state index contributed by atoms with van der Waals surface area (Å²) in [5.74, 6) is 0.535.